The van der Waals surface area contributed by atoms with Crippen LogP contribution in [0.4, 0.5) is 5.69 Å². The number of likely N-dealkylation sites (tertiary alicyclic amines) is 1. The SMILES string of the molecule is N/N=C\N(N)c1ccc(OCCC2CC2C2CCN(C(=O)CC3CCCC3)CC2)cc1. The lowest BCUT2D eigenvalue weighted by Crippen LogP contribution is -2.39. The molecular formula is C24H37N5O2. The average molecular weight is 428 g/mol. The van der Waals surface area contributed by atoms with Crippen molar-refractivity contribution in [2.24, 2.45) is 40.5 Å². The predicted octanol–water partition coefficient (Wildman–Crippen LogP) is 3.49. The molecule has 1 heterocycles. The van der Waals surface area contributed by atoms with Crippen LogP contribution in [0.1, 0.15) is 57.8 Å². The molecule has 7 heteroatoms. The zero-order valence-electron chi connectivity index (χ0n) is 18.5. The van der Waals surface area contributed by atoms with Gasteiger partial charge in [0.1, 0.15) is 12.1 Å². The summed E-state index contributed by atoms with van der Waals surface area (Å²) in [4.78, 5) is 14.7. The Morgan fingerprint density at radius 2 is 1.87 bits per heavy atom. The monoisotopic (exact) mass is 427 g/mol. The predicted molar refractivity (Wildman–Crippen MR) is 123 cm³/mol. The van der Waals surface area contributed by atoms with Gasteiger partial charge in [-0.05, 0) is 86.5 Å². The molecule has 1 aliphatic heterocycles. The first-order valence-electron chi connectivity index (χ1n) is 11.9. The largest absolute Gasteiger partial charge is 0.494 e. The van der Waals surface area contributed by atoms with Crippen LogP contribution in [0.15, 0.2) is 29.4 Å². The summed E-state index contributed by atoms with van der Waals surface area (Å²) in [5.41, 5.74) is 0.803. The molecule has 3 aliphatic rings. The Hall–Kier alpha value is -2.28. The highest BCUT2D eigenvalue weighted by Gasteiger charge is 2.43. The van der Waals surface area contributed by atoms with Crippen molar-refractivity contribution in [3.8, 4) is 5.75 Å². The highest BCUT2D eigenvalue weighted by Crippen LogP contribution is 2.49. The molecular weight excluding hydrogens is 390 g/mol. The number of hydrogen-bond donors (Lipinski definition) is 2. The lowest BCUT2D eigenvalue weighted by atomic mass is 9.90. The summed E-state index contributed by atoms with van der Waals surface area (Å²) in [6.45, 7) is 2.68. The van der Waals surface area contributed by atoms with Crippen molar-refractivity contribution in [1.82, 2.24) is 4.90 Å². The second-order valence-corrected chi connectivity index (χ2v) is 9.54. The standard InChI is InChI=1S/C24H37N5O2/c25-27-17-29(26)21-5-7-22(8-6-21)31-14-11-20-16-23(20)19-9-12-28(13-10-19)24(30)15-18-3-1-2-4-18/h5-8,17-20,23H,1-4,9-16,25-26H2/b27-17-. The molecule has 7 nitrogen and oxygen atoms in total. The molecule has 4 rings (SSSR count). The Kier molecular flexibility index (Phi) is 7.33. The lowest BCUT2D eigenvalue weighted by Gasteiger charge is -2.33. The van der Waals surface area contributed by atoms with E-state index < -0.39 is 0 Å². The molecule has 1 saturated heterocycles. The maximum Gasteiger partial charge on any atom is 0.222 e. The van der Waals surface area contributed by atoms with Gasteiger partial charge in [0.05, 0.1) is 12.3 Å². The van der Waals surface area contributed by atoms with Gasteiger partial charge < -0.3 is 15.5 Å². The van der Waals surface area contributed by atoms with E-state index in [4.69, 9.17) is 16.4 Å². The Balaban J connectivity index is 1.12. The second kappa shape index (κ2) is 10.4. The van der Waals surface area contributed by atoms with Crippen molar-refractivity contribution in [2.75, 3.05) is 24.7 Å². The molecule has 0 radical (unpaired) electrons. The summed E-state index contributed by atoms with van der Waals surface area (Å²) < 4.78 is 5.93. The smallest absolute Gasteiger partial charge is 0.222 e. The molecule has 1 aromatic rings. The minimum Gasteiger partial charge on any atom is -0.494 e. The Bertz CT molecular complexity index is 739. The zero-order valence-corrected chi connectivity index (χ0v) is 18.5. The minimum atomic E-state index is 0.408. The van der Waals surface area contributed by atoms with Gasteiger partial charge in [-0.3, -0.25) is 9.80 Å². The number of hydrogen-bond acceptors (Lipinski definition) is 5. The van der Waals surface area contributed by atoms with Crippen LogP contribution in [0, 0.1) is 23.7 Å². The van der Waals surface area contributed by atoms with Crippen molar-refractivity contribution in [3.63, 3.8) is 0 Å². The minimum absolute atomic E-state index is 0.408. The van der Waals surface area contributed by atoms with E-state index >= 15 is 0 Å². The van der Waals surface area contributed by atoms with Crippen molar-refractivity contribution < 1.29 is 9.53 Å². The summed E-state index contributed by atoms with van der Waals surface area (Å²) >= 11 is 0. The third kappa shape index (κ3) is 5.91. The van der Waals surface area contributed by atoms with Gasteiger partial charge in [-0.1, -0.05) is 12.8 Å². The van der Waals surface area contributed by atoms with Crippen molar-refractivity contribution >= 4 is 17.9 Å². The maximum atomic E-state index is 12.6. The molecule has 1 aromatic carbocycles. The van der Waals surface area contributed by atoms with E-state index in [-0.39, 0.29) is 0 Å². The van der Waals surface area contributed by atoms with Gasteiger partial charge in [0.25, 0.3) is 0 Å². The Morgan fingerprint density at radius 3 is 2.55 bits per heavy atom. The number of hydrazine groups is 1. The molecule has 3 fully saturated rings. The molecule has 2 atom stereocenters. The fraction of sp³-hybridized carbons (Fsp3) is 0.667. The van der Waals surface area contributed by atoms with Gasteiger partial charge in [0, 0.05) is 19.5 Å². The van der Waals surface area contributed by atoms with E-state index in [1.54, 1.807) is 0 Å². The van der Waals surface area contributed by atoms with Crippen LogP contribution >= 0.6 is 0 Å². The van der Waals surface area contributed by atoms with Crippen LogP contribution in [-0.4, -0.2) is 36.8 Å². The van der Waals surface area contributed by atoms with Crippen LogP contribution in [-0.2, 0) is 4.79 Å². The van der Waals surface area contributed by atoms with E-state index in [0.717, 1.165) is 61.7 Å². The summed E-state index contributed by atoms with van der Waals surface area (Å²) in [5, 5.41) is 4.78. The van der Waals surface area contributed by atoms with E-state index in [1.165, 1.54) is 56.3 Å². The topological polar surface area (TPSA) is 97.2 Å². The molecule has 0 spiro atoms. The third-order valence-electron chi connectivity index (χ3n) is 7.50. The quantitative estimate of drug-likeness (QED) is 0.272. The fourth-order valence-corrected chi connectivity index (χ4v) is 5.53. The number of carbonyl (C=O) groups excluding carboxylic acids is 1. The van der Waals surface area contributed by atoms with E-state index in [1.807, 2.05) is 24.3 Å². The maximum absolute atomic E-state index is 12.6. The molecule has 2 saturated carbocycles. The third-order valence-corrected chi connectivity index (χ3v) is 7.50. The number of nitrogens with two attached hydrogens (primary N) is 2. The van der Waals surface area contributed by atoms with Crippen LogP contribution in [0.25, 0.3) is 0 Å². The summed E-state index contributed by atoms with van der Waals surface area (Å²) in [7, 11) is 0. The lowest BCUT2D eigenvalue weighted by molar-refractivity contribution is -0.133. The van der Waals surface area contributed by atoms with Crippen LogP contribution in [0.3, 0.4) is 0 Å². The van der Waals surface area contributed by atoms with Gasteiger partial charge in [-0.2, -0.15) is 5.10 Å². The van der Waals surface area contributed by atoms with E-state index in [9.17, 15) is 4.79 Å². The molecule has 31 heavy (non-hydrogen) atoms. The number of rotatable bonds is 9. The first-order valence-corrected chi connectivity index (χ1v) is 11.9. The molecule has 2 unspecified atom stereocenters. The number of piperidine rings is 1. The van der Waals surface area contributed by atoms with Gasteiger partial charge in [-0.25, -0.2) is 5.84 Å². The van der Waals surface area contributed by atoms with Gasteiger partial charge in [0.15, 0.2) is 0 Å². The summed E-state index contributed by atoms with van der Waals surface area (Å²) in [6, 6.07) is 7.61. The molecule has 2 aliphatic carbocycles. The highest BCUT2D eigenvalue weighted by atomic mass is 16.5. The van der Waals surface area contributed by atoms with Gasteiger partial charge in [0.2, 0.25) is 5.91 Å². The molecule has 0 bridgehead atoms. The number of amides is 1. The molecule has 170 valence electrons. The first kappa shape index (κ1) is 21.9. The fourth-order valence-electron chi connectivity index (χ4n) is 5.53. The Labute approximate surface area is 185 Å². The van der Waals surface area contributed by atoms with Crippen LogP contribution < -0.4 is 21.4 Å². The van der Waals surface area contributed by atoms with Gasteiger partial charge >= 0.3 is 0 Å². The van der Waals surface area contributed by atoms with E-state index in [0.29, 0.717) is 11.8 Å². The van der Waals surface area contributed by atoms with Gasteiger partial charge in [-0.15, -0.1) is 0 Å². The number of nitrogens with zero attached hydrogens (tertiary/aromatic N) is 3. The highest BCUT2D eigenvalue weighted by molar-refractivity contribution is 5.77. The molecule has 4 N–H and O–H groups in total. The second-order valence-electron chi connectivity index (χ2n) is 9.54. The number of anilines is 1. The first-order chi connectivity index (χ1) is 15.1. The average Bonchev–Trinajstić information content (AvgIpc) is 3.38. The normalized spacial score (nSPS) is 24.6. The van der Waals surface area contributed by atoms with E-state index in [2.05, 4.69) is 10.0 Å². The summed E-state index contributed by atoms with van der Waals surface area (Å²) in [6.07, 6.45) is 12.1. The van der Waals surface area contributed by atoms with Crippen molar-refractivity contribution in [2.45, 2.75) is 57.8 Å². The molecule has 1 amide bonds. The number of ether oxygens (including phenoxy) is 1. The van der Waals surface area contributed by atoms with Crippen molar-refractivity contribution in [1.29, 1.82) is 0 Å². The number of carbonyl (C=O) groups is 1. The van der Waals surface area contributed by atoms with Crippen molar-refractivity contribution in [3.05, 3.63) is 24.3 Å². The number of benzene rings is 1. The van der Waals surface area contributed by atoms with Crippen LogP contribution in [0.5, 0.6) is 5.75 Å². The zero-order chi connectivity index (χ0) is 21.6. The van der Waals surface area contributed by atoms with Crippen LogP contribution in [0.2, 0.25) is 0 Å². The Morgan fingerprint density at radius 1 is 1.16 bits per heavy atom. The summed E-state index contributed by atoms with van der Waals surface area (Å²) in [5.74, 6) is 15.2. The number of hydrazone groups is 1. The molecule has 0 aromatic heterocycles.